The summed E-state index contributed by atoms with van der Waals surface area (Å²) in [4.78, 5) is 56.0. The lowest BCUT2D eigenvalue weighted by atomic mass is 9.92. The Morgan fingerprint density at radius 1 is 0.839 bits per heavy atom. The molecule has 1 heterocycles. The van der Waals surface area contributed by atoms with Crippen molar-refractivity contribution in [2.24, 2.45) is 5.92 Å². The van der Waals surface area contributed by atoms with E-state index in [1.807, 2.05) is 66.7 Å². The van der Waals surface area contributed by atoms with E-state index < -0.39 is 36.0 Å². The van der Waals surface area contributed by atoms with Crippen LogP contribution in [-0.4, -0.2) is 65.7 Å². The van der Waals surface area contributed by atoms with Crippen molar-refractivity contribution in [3.8, 4) is 11.1 Å². The van der Waals surface area contributed by atoms with Gasteiger partial charge in [-0.2, -0.15) is 0 Å². The van der Waals surface area contributed by atoms with E-state index >= 15 is 0 Å². The summed E-state index contributed by atoms with van der Waals surface area (Å²) in [6, 6.07) is 31.5. The van der Waals surface area contributed by atoms with E-state index in [0.29, 0.717) is 24.9 Å². The molecule has 4 aromatic carbocycles. The summed E-state index contributed by atoms with van der Waals surface area (Å²) in [6.45, 7) is 7.75. The number of ether oxygens (including phenoxy) is 2. The standard InChI is InChI=1S/C46H49N3O7/c1-3-5-24-41(48-46(54)55-30-40-38-22-13-11-20-36(38)37-21-12-14-23-39(37)40)45(53)56-42(31-16-7-6-8-17-31)27-47-44(52)33(15-4-2)26-43(51)49-28-34-19-10-9-18-32(34)25-35(49)29-50/h3-4,6-14,16-23,33,35,40-42,50H,1-2,5,15,24-30H2,(H,47,52)(H,48,54)/t33-,35+,41+,42+/m1/s1. The number of alkyl carbamates (subject to hydrolysis) is 1. The third kappa shape index (κ3) is 9.44. The lowest BCUT2D eigenvalue weighted by Gasteiger charge is -2.36. The Kier molecular flexibility index (Phi) is 13.5. The third-order valence-electron chi connectivity index (χ3n) is 10.6. The highest BCUT2D eigenvalue weighted by Gasteiger charge is 2.34. The van der Waals surface area contributed by atoms with Crippen LogP contribution >= 0.6 is 0 Å². The molecule has 0 fully saturated rings. The second kappa shape index (κ2) is 19.0. The summed E-state index contributed by atoms with van der Waals surface area (Å²) in [5, 5.41) is 15.7. The number of hydrogen-bond donors (Lipinski definition) is 3. The maximum Gasteiger partial charge on any atom is 0.407 e. The number of rotatable bonds is 17. The highest BCUT2D eigenvalue weighted by atomic mass is 16.6. The summed E-state index contributed by atoms with van der Waals surface area (Å²) in [7, 11) is 0. The van der Waals surface area contributed by atoms with Crippen LogP contribution in [0.2, 0.25) is 0 Å². The zero-order valence-electron chi connectivity index (χ0n) is 31.5. The SMILES string of the molecule is C=CCC[C@H](NC(=O)OCC1c2ccccc2-c2ccccc21)C(=O)O[C@@H](CNC(=O)[C@H](CC=C)CC(=O)N1Cc2ccccc2C[C@H]1CO)c1ccccc1. The quantitative estimate of drug-likeness (QED) is 0.0799. The van der Waals surface area contributed by atoms with Crippen molar-refractivity contribution in [1.82, 2.24) is 15.5 Å². The number of fused-ring (bicyclic) bond motifs is 4. The smallest absolute Gasteiger partial charge is 0.407 e. The first-order chi connectivity index (χ1) is 27.3. The van der Waals surface area contributed by atoms with E-state index in [9.17, 15) is 24.3 Å². The average Bonchev–Trinajstić information content (AvgIpc) is 3.55. The number of nitrogens with zero attached hydrogens (tertiary/aromatic N) is 1. The van der Waals surface area contributed by atoms with Crippen molar-refractivity contribution >= 4 is 23.9 Å². The van der Waals surface area contributed by atoms with Gasteiger partial charge in [0.25, 0.3) is 0 Å². The molecule has 0 radical (unpaired) electrons. The minimum Gasteiger partial charge on any atom is -0.454 e. The van der Waals surface area contributed by atoms with Gasteiger partial charge >= 0.3 is 12.1 Å². The molecule has 0 unspecified atom stereocenters. The fourth-order valence-corrected chi connectivity index (χ4v) is 7.63. The first-order valence-electron chi connectivity index (χ1n) is 19.1. The van der Waals surface area contributed by atoms with Gasteiger partial charge in [-0.25, -0.2) is 9.59 Å². The van der Waals surface area contributed by atoms with Crippen LogP contribution in [0.15, 0.2) is 128 Å². The van der Waals surface area contributed by atoms with Gasteiger partial charge < -0.3 is 30.1 Å². The minimum absolute atomic E-state index is 0.0775. The van der Waals surface area contributed by atoms with E-state index in [4.69, 9.17) is 9.47 Å². The van der Waals surface area contributed by atoms with Crippen LogP contribution in [0.1, 0.15) is 65.5 Å². The van der Waals surface area contributed by atoms with E-state index in [2.05, 4.69) is 35.9 Å². The Morgan fingerprint density at radius 2 is 1.48 bits per heavy atom. The van der Waals surface area contributed by atoms with Crippen molar-refractivity contribution in [3.05, 3.63) is 156 Å². The van der Waals surface area contributed by atoms with Gasteiger partial charge in [-0.15, -0.1) is 13.2 Å². The van der Waals surface area contributed by atoms with E-state index in [-0.39, 0.29) is 56.9 Å². The summed E-state index contributed by atoms with van der Waals surface area (Å²) in [5.74, 6) is -2.21. The number of esters is 1. The summed E-state index contributed by atoms with van der Waals surface area (Å²) in [5.41, 5.74) is 7.11. The predicted octanol–water partition coefficient (Wildman–Crippen LogP) is 6.79. The Balaban J connectivity index is 1.09. The molecule has 0 saturated heterocycles. The molecule has 0 spiro atoms. The third-order valence-corrected chi connectivity index (χ3v) is 10.6. The van der Waals surface area contributed by atoms with Crippen LogP contribution in [0.5, 0.6) is 0 Å². The first kappa shape index (κ1) is 39.7. The average molecular weight is 756 g/mol. The molecular weight excluding hydrogens is 707 g/mol. The summed E-state index contributed by atoms with van der Waals surface area (Å²) < 4.78 is 11.7. The Hall–Kier alpha value is -6.00. The largest absolute Gasteiger partial charge is 0.454 e. The number of allylic oxidation sites excluding steroid dienone is 2. The Labute approximate surface area is 328 Å². The maximum atomic E-state index is 13.8. The van der Waals surface area contributed by atoms with E-state index in [0.717, 1.165) is 33.4 Å². The number of nitrogens with one attached hydrogen (secondary N) is 2. The monoisotopic (exact) mass is 755 g/mol. The topological polar surface area (TPSA) is 134 Å². The molecule has 0 saturated carbocycles. The zero-order chi connectivity index (χ0) is 39.4. The van der Waals surface area contributed by atoms with Crippen molar-refractivity contribution in [3.63, 3.8) is 0 Å². The van der Waals surface area contributed by atoms with Gasteiger partial charge in [-0.3, -0.25) is 9.59 Å². The highest BCUT2D eigenvalue weighted by molar-refractivity contribution is 5.86. The maximum absolute atomic E-state index is 13.8. The lowest BCUT2D eigenvalue weighted by Crippen LogP contribution is -2.47. The van der Waals surface area contributed by atoms with Crippen LogP contribution < -0.4 is 10.6 Å². The van der Waals surface area contributed by atoms with Gasteiger partial charge in [0, 0.05) is 18.9 Å². The minimum atomic E-state index is -1.05. The van der Waals surface area contributed by atoms with Crippen molar-refractivity contribution in [1.29, 1.82) is 0 Å². The van der Waals surface area contributed by atoms with Crippen molar-refractivity contribution in [2.45, 2.75) is 62.8 Å². The number of hydrogen-bond acceptors (Lipinski definition) is 7. The molecule has 4 aromatic rings. The fraction of sp³-hybridized carbons (Fsp3) is 0.304. The van der Waals surface area contributed by atoms with Gasteiger partial charge in [0.1, 0.15) is 18.8 Å². The molecule has 4 atom stereocenters. The van der Waals surface area contributed by atoms with Crippen molar-refractivity contribution in [2.75, 3.05) is 19.8 Å². The first-order valence-corrected chi connectivity index (χ1v) is 19.1. The van der Waals surface area contributed by atoms with E-state index in [1.54, 1.807) is 41.3 Å². The molecule has 2 aliphatic rings. The number of benzene rings is 4. The number of aliphatic hydroxyl groups is 1. The molecule has 290 valence electrons. The summed E-state index contributed by atoms with van der Waals surface area (Å²) >= 11 is 0. The Bertz CT molecular complexity index is 1990. The van der Waals surface area contributed by atoms with Gasteiger partial charge in [0.05, 0.1) is 25.1 Å². The van der Waals surface area contributed by atoms with Crippen LogP contribution in [0, 0.1) is 5.92 Å². The number of carbonyl (C=O) groups is 4. The molecule has 0 aromatic heterocycles. The number of carbonyl (C=O) groups excluding carboxylic acids is 4. The van der Waals surface area contributed by atoms with Gasteiger partial charge in [0.2, 0.25) is 11.8 Å². The highest BCUT2D eigenvalue weighted by Crippen LogP contribution is 2.44. The molecule has 3 amide bonds. The van der Waals surface area contributed by atoms with Crippen LogP contribution in [0.3, 0.4) is 0 Å². The number of amides is 3. The molecule has 0 bridgehead atoms. The zero-order valence-corrected chi connectivity index (χ0v) is 31.5. The van der Waals surface area contributed by atoms with Crippen LogP contribution in [0.4, 0.5) is 4.79 Å². The predicted molar refractivity (Wildman–Crippen MR) is 214 cm³/mol. The second-order valence-electron chi connectivity index (χ2n) is 14.2. The molecule has 3 N–H and O–H groups in total. The summed E-state index contributed by atoms with van der Waals surface area (Å²) in [6.07, 6.45) is 2.94. The van der Waals surface area contributed by atoms with Gasteiger partial charge in [-0.05, 0) is 64.6 Å². The Morgan fingerprint density at radius 3 is 2.14 bits per heavy atom. The lowest BCUT2D eigenvalue weighted by molar-refractivity contribution is -0.152. The molecule has 56 heavy (non-hydrogen) atoms. The van der Waals surface area contributed by atoms with Crippen molar-refractivity contribution < 1.29 is 33.8 Å². The molecule has 10 heteroatoms. The molecule has 6 rings (SSSR count). The fourth-order valence-electron chi connectivity index (χ4n) is 7.63. The van der Waals surface area contributed by atoms with E-state index in [1.165, 1.54) is 0 Å². The number of aliphatic hydroxyl groups excluding tert-OH is 1. The molecular formula is C46H49N3O7. The molecule has 1 aliphatic carbocycles. The normalized spacial score (nSPS) is 15.9. The second-order valence-corrected chi connectivity index (χ2v) is 14.2. The van der Waals surface area contributed by atoms with Gasteiger partial charge in [0.15, 0.2) is 0 Å². The van der Waals surface area contributed by atoms with Crippen LogP contribution in [0.25, 0.3) is 11.1 Å². The van der Waals surface area contributed by atoms with Crippen LogP contribution in [-0.2, 0) is 36.8 Å². The molecule has 10 nitrogen and oxygen atoms in total. The molecule has 1 aliphatic heterocycles. The van der Waals surface area contributed by atoms with Gasteiger partial charge in [-0.1, -0.05) is 115 Å².